The van der Waals surface area contributed by atoms with Crippen LogP contribution in [0.1, 0.15) is 32.1 Å². The number of aromatic nitrogens is 1. The molecule has 0 spiro atoms. The zero-order valence-electron chi connectivity index (χ0n) is 11.9. The Hall–Kier alpha value is -2.69. The Morgan fingerprint density at radius 3 is 2.68 bits per heavy atom. The Morgan fingerprint density at radius 1 is 1.41 bits per heavy atom. The summed E-state index contributed by atoms with van der Waals surface area (Å²) in [6, 6.07) is 4.29. The number of nitriles is 1. The highest BCUT2D eigenvalue weighted by atomic mass is 16.6. The van der Waals surface area contributed by atoms with Crippen LogP contribution in [0.15, 0.2) is 23.1 Å². The van der Waals surface area contributed by atoms with E-state index >= 15 is 0 Å². The first-order valence-electron chi connectivity index (χ1n) is 7.03. The molecule has 1 aliphatic carbocycles. The maximum Gasteiger partial charge on any atom is 0.285 e. The number of nitro groups is 1. The first kappa shape index (κ1) is 15.7. The minimum Gasteiger partial charge on any atom is -0.336 e. The predicted octanol–water partition coefficient (Wildman–Crippen LogP) is 1.10. The average molecular weight is 304 g/mol. The number of hydrogen-bond acceptors (Lipinski definition) is 5. The average Bonchev–Trinajstić information content (AvgIpc) is 2.50. The van der Waals surface area contributed by atoms with Crippen LogP contribution < -0.4 is 10.9 Å². The van der Waals surface area contributed by atoms with Crippen molar-refractivity contribution < 1.29 is 9.72 Å². The van der Waals surface area contributed by atoms with Crippen LogP contribution in [0.2, 0.25) is 0 Å². The van der Waals surface area contributed by atoms with Crippen molar-refractivity contribution in [3.05, 3.63) is 38.8 Å². The van der Waals surface area contributed by atoms with Gasteiger partial charge in [0.15, 0.2) is 0 Å². The molecule has 1 aliphatic rings. The number of nitrogens with zero attached hydrogens (tertiary/aromatic N) is 3. The second kappa shape index (κ2) is 6.39. The molecule has 0 saturated heterocycles. The molecule has 0 radical (unpaired) electrons. The Labute approximate surface area is 126 Å². The van der Waals surface area contributed by atoms with Gasteiger partial charge in [-0.05, 0) is 12.8 Å². The van der Waals surface area contributed by atoms with E-state index < -0.39 is 21.9 Å². The third-order valence-electron chi connectivity index (χ3n) is 3.79. The lowest BCUT2D eigenvalue weighted by molar-refractivity contribution is -0.385. The lowest BCUT2D eigenvalue weighted by Crippen LogP contribution is -2.50. The van der Waals surface area contributed by atoms with Crippen LogP contribution >= 0.6 is 0 Å². The van der Waals surface area contributed by atoms with Gasteiger partial charge < -0.3 is 5.32 Å². The molecule has 2 rings (SSSR count). The fourth-order valence-corrected chi connectivity index (χ4v) is 2.63. The zero-order chi connectivity index (χ0) is 16.2. The van der Waals surface area contributed by atoms with E-state index in [1.807, 2.05) is 0 Å². The highest BCUT2D eigenvalue weighted by Crippen LogP contribution is 2.27. The van der Waals surface area contributed by atoms with Crippen molar-refractivity contribution in [3.63, 3.8) is 0 Å². The van der Waals surface area contributed by atoms with Gasteiger partial charge >= 0.3 is 0 Å². The third kappa shape index (κ3) is 3.49. The molecule has 8 nitrogen and oxygen atoms in total. The van der Waals surface area contributed by atoms with E-state index in [9.17, 15) is 25.0 Å². The summed E-state index contributed by atoms with van der Waals surface area (Å²) >= 11 is 0. The molecule has 1 heterocycles. The molecule has 1 aromatic rings. The van der Waals surface area contributed by atoms with Crippen molar-refractivity contribution in [3.8, 4) is 6.07 Å². The summed E-state index contributed by atoms with van der Waals surface area (Å²) < 4.78 is 0.974. The van der Waals surface area contributed by atoms with Crippen molar-refractivity contribution in [2.24, 2.45) is 0 Å². The van der Waals surface area contributed by atoms with Crippen molar-refractivity contribution in [2.45, 2.75) is 44.2 Å². The number of pyridine rings is 1. The molecule has 116 valence electrons. The predicted molar refractivity (Wildman–Crippen MR) is 76.9 cm³/mol. The van der Waals surface area contributed by atoms with Gasteiger partial charge in [-0.1, -0.05) is 19.3 Å². The summed E-state index contributed by atoms with van der Waals surface area (Å²) in [5.41, 5.74) is -1.66. The SMILES string of the molecule is N#CC1(NC(=O)Cn2cc([N+](=O)[O-])ccc2=O)CCCCC1. The highest BCUT2D eigenvalue weighted by Gasteiger charge is 2.33. The number of nitrogens with one attached hydrogen (secondary N) is 1. The van der Waals surface area contributed by atoms with Gasteiger partial charge in [0.2, 0.25) is 5.91 Å². The van der Waals surface area contributed by atoms with Crippen molar-refractivity contribution in [1.29, 1.82) is 5.26 Å². The number of hydrogen-bond donors (Lipinski definition) is 1. The highest BCUT2D eigenvalue weighted by molar-refractivity contribution is 5.77. The van der Waals surface area contributed by atoms with Crippen LogP contribution in [0.4, 0.5) is 5.69 Å². The van der Waals surface area contributed by atoms with Crippen molar-refractivity contribution >= 4 is 11.6 Å². The topological polar surface area (TPSA) is 118 Å². The zero-order valence-corrected chi connectivity index (χ0v) is 11.9. The van der Waals surface area contributed by atoms with Gasteiger partial charge in [0.25, 0.3) is 11.2 Å². The van der Waals surface area contributed by atoms with Gasteiger partial charge in [0, 0.05) is 12.1 Å². The first-order valence-corrected chi connectivity index (χ1v) is 7.03. The smallest absolute Gasteiger partial charge is 0.285 e. The Morgan fingerprint density at radius 2 is 2.09 bits per heavy atom. The first-order chi connectivity index (χ1) is 10.5. The Kier molecular flexibility index (Phi) is 4.56. The van der Waals surface area contributed by atoms with Gasteiger partial charge in [-0.3, -0.25) is 24.3 Å². The molecule has 0 unspecified atom stereocenters. The molecular formula is C14H16N4O4. The molecule has 1 aromatic heterocycles. The largest absolute Gasteiger partial charge is 0.336 e. The summed E-state index contributed by atoms with van der Waals surface area (Å²) in [5.74, 6) is -0.494. The maximum atomic E-state index is 12.1. The molecule has 1 saturated carbocycles. The van der Waals surface area contributed by atoms with Crippen molar-refractivity contribution in [1.82, 2.24) is 9.88 Å². The van der Waals surface area contributed by atoms with Crippen LogP contribution in [0, 0.1) is 21.4 Å². The number of amides is 1. The Bertz CT molecular complexity index is 683. The van der Waals surface area contributed by atoms with E-state index in [1.165, 1.54) is 0 Å². The molecule has 0 aromatic carbocycles. The summed E-state index contributed by atoms with van der Waals surface area (Å²) in [6.45, 7) is -0.343. The molecule has 0 bridgehead atoms. The standard InChI is InChI=1S/C14H16N4O4/c15-10-14(6-2-1-3-7-14)16-12(19)9-17-8-11(18(21)22)4-5-13(17)20/h4-5,8H,1-3,6-7,9H2,(H,16,19). The van der Waals surface area contributed by atoms with Crippen LogP contribution in [0.5, 0.6) is 0 Å². The normalized spacial score (nSPS) is 16.5. The fraction of sp³-hybridized carbons (Fsp3) is 0.500. The second-order valence-corrected chi connectivity index (χ2v) is 5.41. The molecular weight excluding hydrogens is 288 g/mol. The summed E-state index contributed by atoms with van der Waals surface area (Å²) in [4.78, 5) is 33.8. The Balaban J connectivity index is 2.12. The molecule has 0 atom stereocenters. The second-order valence-electron chi connectivity index (χ2n) is 5.41. The molecule has 1 N–H and O–H groups in total. The maximum absolute atomic E-state index is 12.1. The van der Waals surface area contributed by atoms with Gasteiger partial charge in [-0.15, -0.1) is 0 Å². The lowest BCUT2D eigenvalue weighted by atomic mass is 9.83. The summed E-state index contributed by atoms with van der Waals surface area (Å²) in [6.07, 6.45) is 4.96. The van der Waals surface area contributed by atoms with E-state index in [4.69, 9.17) is 0 Å². The van der Waals surface area contributed by atoms with Crippen LogP contribution in [-0.4, -0.2) is 20.9 Å². The van der Waals surface area contributed by atoms with Crippen LogP contribution in [0.25, 0.3) is 0 Å². The number of rotatable bonds is 4. The molecule has 22 heavy (non-hydrogen) atoms. The quantitative estimate of drug-likeness (QED) is 0.660. The monoisotopic (exact) mass is 304 g/mol. The fourth-order valence-electron chi connectivity index (χ4n) is 2.63. The van der Waals surface area contributed by atoms with E-state index in [0.29, 0.717) is 12.8 Å². The minimum atomic E-state index is -0.889. The summed E-state index contributed by atoms with van der Waals surface area (Å²) in [7, 11) is 0. The lowest BCUT2D eigenvalue weighted by Gasteiger charge is -2.31. The summed E-state index contributed by atoms with van der Waals surface area (Å²) in [5, 5.41) is 22.7. The van der Waals surface area contributed by atoms with E-state index in [-0.39, 0.29) is 12.2 Å². The molecule has 0 aliphatic heterocycles. The van der Waals surface area contributed by atoms with Gasteiger partial charge in [0.1, 0.15) is 12.1 Å². The molecule has 1 amide bonds. The number of carbonyl (C=O) groups excluding carboxylic acids is 1. The molecule has 8 heteroatoms. The third-order valence-corrected chi connectivity index (χ3v) is 3.79. The van der Waals surface area contributed by atoms with Crippen molar-refractivity contribution in [2.75, 3.05) is 0 Å². The van der Waals surface area contributed by atoms with E-state index in [0.717, 1.165) is 42.2 Å². The van der Waals surface area contributed by atoms with E-state index in [1.54, 1.807) is 0 Å². The van der Waals surface area contributed by atoms with E-state index in [2.05, 4.69) is 11.4 Å². The minimum absolute atomic E-state index is 0.264. The van der Waals surface area contributed by atoms with Gasteiger partial charge in [-0.25, -0.2) is 0 Å². The molecule has 1 fully saturated rings. The van der Waals surface area contributed by atoms with Crippen LogP contribution in [0.3, 0.4) is 0 Å². The van der Waals surface area contributed by atoms with Crippen LogP contribution in [-0.2, 0) is 11.3 Å². The number of carbonyl (C=O) groups is 1. The van der Waals surface area contributed by atoms with Gasteiger partial charge in [0.05, 0.1) is 17.2 Å². The van der Waals surface area contributed by atoms with Gasteiger partial charge in [-0.2, -0.15) is 5.26 Å².